The first kappa shape index (κ1) is 16.8. The van der Waals surface area contributed by atoms with Gasteiger partial charge in [0, 0.05) is 2.74 Å². The van der Waals surface area contributed by atoms with Crippen LogP contribution in [0.5, 0.6) is 0 Å². The van der Waals surface area contributed by atoms with Gasteiger partial charge in [-0.15, -0.1) is 0 Å². The molecule has 2 heteroatoms. The quantitative estimate of drug-likeness (QED) is 0.605. The predicted octanol–water partition coefficient (Wildman–Crippen LogP) is 6.19. The lowest BCUT2D eigenvalue weighted by molar-refractivity contribution is 0.0600. The highest BCUT2D eigenvalue weighted by atomic mass is 16.5. The summed E-state index contributed by atoms with van der Waals surface area (Å²) in [5, 5.41) is 0. The zero-order valence-corrected chi connectivity index (χ0v) is 17.1. The van der Waals surface area contributed by atoms with Crippen LogP contribution in [-0.2, 0) is 15.6 Å². The number of aryl methyl sites for hydroxylation is 1. The van der Waals surface area contributed by atoms with Crippen molar-refractivity contribution in [1.82, 2.24) is 0 Å². The van der Waals surface area contributed by atoms with Gasteiger partial charge in [0.25, 0.3) is 0 Å². The Morgan fingerprint density at radius 2 is 1.48 bits per heavy atom. The maximum atomic E-state index is 11.7. The molecule has 0 saturated heterocycles. The Labute approximate surface area is 166 Å². The monoisotopic (exact) mass is 366 g/mol. The van der Waals surface area contributed by atoms with E-state index >= 15 is 0 Å². The third-order valence-corrected chi connectivity index (χ3v) is 5.65. The topological polar surface area (TPSA) is 26.3 Å². The minimum atomic E-state index is -0.506. The predicted molar refractivity (Wildman–Crippen MR) is 112 cm³/mol. The molecule has 2 nitrogen and oxygen atoms in total. The number of carbonyl (C=O) groups is 1. The maximum Gasteiger partial charge on any atom is 0.337 e. The number of hydrogen-bond donors (Lipinski definition) is 0. The summed E-state index contributed by atoms with van der Waals surface area (Å²) in [6.45, 7) is 14.6. The van der Waals surface area contributed by atoms with E-state index in [1.54, 1.807) is 12.1 Å². The Kier molecular flexibility index (Phi) is 4.15. The molecule has 0 radical (unpaired) electrons. The number of hydrogen-bond acceptors (Lipinski definition) is 2. The van der Waals surface area contributed by atoms with Crippen LogP contribution in [0, 0.1) is 6.92 Å². The van der Waals surface area contributed by atoms with Crippen LogP contribution in [0.3, 0.4) is 0 Å². The van der Waals surface area contributed by atoms with Crippen molar-refractivity contribution in [3.05, 3.63) is 76.4 Å². The molecule has 3 rings (SSSR count). The molecule has 2 unspecified atom stereocenters. The Balaban J connectivity index is 2.10. The zero-order chi connectivity index (χ0) is 21.7. The van der Waals surface area contributed by atoms with Gasteiger partial charge in [-0.3, -0.25) is 0 Å². The van der Waals surface area contributed by atoms with Crippen LogP contribution in [0.4, 0.5) is 0 Å². The van der Waals surface area contributed by atoms with E-state index in [9.17, 15) is 4.79 Å². The number of benzene rings is 2. The first-order valence-corrected chi connectivity index (χ1v) is 9.31. The van der Waals surface area contributed by atoms with Gasteiger partial charge in [0.15, 0.2) is 0 Å². The summed E-state index contributed by atoms with van der Waals surface area (Å²) in [6.07, 6.45) is -0.988. The van der Waals surface area contributed by atoms with E-state index in [0.717, 1.165) is 33.4 Å². The van der Waals surface area contributed by atoms with E-state index in [0.29, 0.717) is 5.56 Å². The van der Waals surface area contributed by atoms with E-state index in [-0.39, 0.29) is 11.4 Å². The van der Waals surface area contributed by atoms with Crippen molar-refractivity contribution in [3.63, 3.8) is 0 Å². The second kappa shape index (κ2) is 6.67. The highest BCUT2D eigenvalue weighted by Crippen LogP contribution is 2.47. The smallest absolute Gasteiger partial charge is 0.337 e. The molecule has 1 aliphatic rings. The van der Waals surface area contributed by atoms with Crippen molar-refractivity contribution in [2.45, 2.75) is 58.2 Å². The van der Waals surface area contributed by atoms with Crippen molar-refractivity contribution in [3.8, 4) is 0 Å². The van der Waals surface area contributed by atoms with Crippen molar-refractivity contribution >= 4 is 11.5 Å². The van der Waals surface area contributed by atoms with Crippen molar-refractivity contribution < 1.29 is 12.3 Å². The molecule has 1 aliphatic carbocycles. The van der Waals surface area contributed by atoms with Gasteiger partial charge in [0.1, 0.15) is 0 Å². The second-order valence-electron chi connectivity index (χ2n) is 8.54. The number of fused-ring (bicyclic) bond motifs is 1. The highest BCUT2D eigenvalue weighted by Gasteiger charge is 2.37. The Morgan fingerprint density at radius 1 is 1.00 bits per heavy atom. The van der Waals surface area contributed by atoms with E-state index in [1.807, 2.05) is 12.1 Å². The van der Waals surface area contributed by atoms with Crippen molar-refractivity contribution in [2.24, 2.45) is 0 Å². The van der Waals surface area contributed by atoms with Crippen LogP contribution in [0.15, 0.2) is 43.0 Å². The van der Waals surface area contributed by atoms with Crippen molar-refractivity contribution in [1.29, 1.82) is 0 Å². The Morgan fingerprint density at radius 3 is 2.00 bits per heavy atom. The first-order valence-electron chi connectivity index (χ1n) is 10.5. The molecule has 142 valence electrons. The molecule has 0 bridgehead atoms. The molecule has 0 N–H and O–H groups in total. The van der Waals surface area contributed by atoms with Crippen LogP contribution >= 0.6 is 0 Å². The fourth-order valence-corrected chi connectivity index (χ4v) is 3.78. The molecule has 0 fully saturated rings. The standard InChI is InChI=1S/C25H30O2/c1-16-14-21-22(25(5,6)13-12-24(21,3)4)15-20(16)17(2)18-8-10-19(11-9-18)23(26)27-7/h8-11,14-15H,2,12-13H2,1,3-7H3/i12T,13T. The highest BCUT2D eigenvalue weighted by molar-refractivity contribution is 5.90. The molecule has 0 aliphatic heterocycles. The molecule has 27 heavy (non-hydrogen) atoms. The lowest BCUT2D eigenvalue weighted by atomic mass is 9.62. The third kappa shape index (κ3) is 3.45. The van der Waals surface area contributed by atoms with Gasteiger partial charge >= 0.3 is 5.97 Å². The summed E-state index contributed by atoms with van der Waals surface area (Å²) in [5.74, 6) is -0.359. The summed E-state index contributed by atoms with van der Waals surface area (Å²) in [6, 6.07) is 11.6. The first-order chi connectivity index (χ1) is 13.4. The maximum absolute atomic E-state index is 11.7. The third-order valence-electron chi connectivity index (χ3n) is 5.65. The van der Waals surface area contributed by atoms with E-state index < -0.39 is 18.2 Å². The fourth-order valence-electron chi connectivity index (χ4n) is 3.78. The number of rotatable bonds is 3. The zero-order valence-electron chi connectivity index (χ0n) is 19.1. The van der Waals surface area contributed by atoms with E-state index in [4.69, 9.17) is 7.48 Å². The average Bonchev–Trinajstić information content (AvgIpc) is 2.70. The number of methoxy groups -OCH3 is 1. The van der Waals surface area contributed by atoms with Gasteiger partial charge in [0.05, 0.1) is 12.7 Å². The van der Waals surface area contributed by atoms with E-state index in [1.165, 1.54) is 7.11 Å². The Bertz CT molecular complexity index is 971. The van der Waals surface area contributed by atoms with Crippen LogP contribution in [-0.4, -0.2) is 13.1 Å². The molecule has 0 spiro atoms. The van der Waals surface area contributed by atoms with Gasteiger partial charge in [-0.2, -0.15) is 0 Å². The van der Waals surface area contributed by atoms with Gasteiger partial charge < -0.3 is 4.74 Å². The van der Waals surface area contributed by atoms with Crippen molar-refractivity contribution in [2.75, 3.05) is 7.11 Å². The summed E-state index contributed by atoms with van der Waals surface area (Å²) in [5.41, 5.74) is 5.94. The van der Waals surface area contributed by atoms with Crippen LogP contribution in [0.25, 0.3) is 5.57 Å². The lowest BCUT2D eigenvalue weighted by Crippen LogP contribution is -2.34. The van der Waals surface area contributed by atoms with Gasteiger partial charge in [0.2, 0.25) is 0 Å². The molecule has 0 amide bonds. The molecular weight excluding hydrogens is 332 g/mol. The summed E-state index contributed by atoms with van der Waals surface area (Å²) in [4.78, 5) is 11.7. The molecular formula is C25H30O2. The summed E-state index contributed by atoms with van der Waals surface area (Å²) >= 11 is 0. The normalized spacial score (nSPS) is 23.6. The molecule has 0 heterocycles. The SMILES string of the molecule is [3H]C1C([3H])C(C)(C)c2cc(C(=C)c3ccc(C(=O)OC)cc3)c(C)cc2C1(C)C. The molecule has 0 aromatic heterocycles. The van der Waals surface area contributed by atoms with Crippen LogP contribution < -0.4 is 0 Å². The molecule has 2 atom stereocenters. The van der Waals surface area contributed by atoms with Gasteiger partial charge in [-0.25, -0.2) is 4.79 Å². The summed E-state index contributed by atoms with van der Waals surface area (Å²) in [7, 11) is 1.37. The lowest BCUT2D eigenvalue weighted by Gasteiger charge is -2.42. The largest absolute Gasteiger partial charge is 0.465 e. The summed E-state index contributed by atoms with van der Waals surface area (Å²) < 4.78 is 22.1. The number of ether oxygens (including phenoxy) is 1. The molecule has 2 aromatic rings. The van der Waals surface area contributed by atoms with Crippen LogP contribution in [0.1, 0.15) is 81.4 Å². The Hall–Kier alpha value is -2.35. The minimum absolute atomic E-state index is 0.359. The van der Waals surface area contributed by atoms with Gasteiger partial charge in [-0.05, 0) is 76.1 Å². The fraction of sp³-hybridized carbons (Fsp3) is 0.400. The second-order valence-corrected chi connectivity index (χ2v) is 8.54. The molecule has 0 saturated carbocycles. The van der Waals surface area contributed by atoms with E-state index in [2.05, 4.69) is 53.3 Å². The average molecular weight is 367 g/mol. The number of carbonyl (C=O) groups excluding carboxylic acids is 1. The number of esters is 1. The molecule has 2 aromatic carbocycles. The van der Waals surface area contributed by atoms with Crippen LogP contribution in [0.2, 0.25) is 0 Å². The minimum Gasteiger partial charge on any atom is -0.465 e. The van der Waals surface area contributed by atoms with Gasteiger partial charge in [-0.1, -0.05) is 58.5 Å².